The lowest BCUT2D eigenvalue weighted by atomic mass is 9.88. The molecule has 0 spiro atoms. The van der Waals surface area contributed by atoms with Gasteiger partial charge >= 0.3 is 0 Å². The summed E-state index contributed by atoms with van der Waals surface area (Å²) in [7, 11) is 0. The van der Waals surface area contributed by atoms with E-state index < -0.39 is 0 Å². The van der Waals surface area contributed by atoms with Crippen LogP contribution in [0, 0.1) is 6.92 Å². The van der Waals surface area contributed by atoms with Crippen LogP contribution in [-0.2, 0) is 4.79 Å². The zero-order valence-electron chi connectivity index (χ0n) is 10.4. The van der Waals surface area contributed by atoms with Crippen LogP contribution in [0.2, 0.25) is 0 Å². The van der Waals surface area contributed by atoms with E-state index in [4.69, 9.17) is 4.42 Å². The Balaban J connectivity index is 1.79. The quantitative estimate of drug-likeness (QED) is 0.882. The first kappa shape index (κ1) is 11.3. The van der Waals surface area contributed by atoms with E-state index in [0.29, 0.717) is 24.5 Å². The predicted molar refractivity (Wildman–Crippen MR) is 67.2 cm³/mol. The number of carbonyl (C=O) groups is 1. The lowest BCUT2D eigenvalue weighted by Crippen LogP contribution is -2.13. The fourth-order valence-corrected chi connectivity index (χ4v) is 2.46. The van der Waals surface area contributed by atoms with Gasteiger partial charge in [-0.05, 0) is 31.9 Å². The highest BCUT2D eigenvalue weighted by molar-refractivity contribution is 5.79. The van der Waals surface area contributed by atoms with E-state index >= 15 is 0 Å². The number of hydrogen-bond acceptors (Lipinski definition) is 3. The number of aromatic amines is 1. The van der Waals surface area contributed by atoms with Crippen LogP contribution in [0.4, 0.5) is 0 Å². The highest BCUT2D eigenvalue weighted by Crippen LogP contribution is 2.30. The Morgan fingerprint density at radius 3 is 2.78 bits per heavy atom. The Labute approximate surface area is 105 Å². The summed E-state index contributed by atoms with van der Waals surface area (Å²) in [6, 6.07) is 3.88. The van der Waals surface area contributed by atoms with Gasteiger partial charge in [0.2, 0.25) is 0 Å². The van der Waals surface area contributed by atoms with Gasteiger partial charge in [0.05, 0.1) is 6.20 Å². The highest BCUT2D eigenvalue weighted by Gasteiger charge is 2.22. The first-order valence-corrected chi connectivity index (χ1v) is 6.36. The number of nitrogens with zero attached hydrogens (tertiary/aromatic N) is 1. The number of rotatable bonds is 2. The summed E-state index contributed by atoms with van der Waals surface area (Å²) in [5, 5.41) is 0. The first-order chi connectivity index (χ1) is 8.72. The van der Waals surface area contributed by atoms with Gasteiger partial charge in [0.25, 0.3) is 0 Å². The van der Waals surface area contributed by atoms with Crippen molar-refractivity contribution in [1.29, 1.82) is 0 Å². The molecule has 0 amide bonds. The number of aryl methyl sites for hydroxylation is 1. The molecule has 2 heterocycles. The van der Waals surface area contributed by atoms with Crippen LogP contribution in [0.1, 0.15) is 43.2 Å². The number of carbonyl (C=O) groups excluding carboxylic acids is 1. The third kappa shape index (κ3) is 2.10. The van der Waals surface area contributed by atoms with Crippen molar-refractivity contribution in [2.75, 3.05) is 0 Å². The molecule has 1 fully saturated rings. The van der Waals surface area contributed by atoms with Crippen LogP contribution in [0.3, 0.4) is 0 Å². The molecule has 0 radical (unpaired) electrons. The van der Waals surface area contributed by atoms with Gasteiger partial charge in [0.1, 0.15) is 23.1 Å². The number of Topliss-reactive ketones (excluding diaryl/α,β-unsaturated/α-hetero) is 1. The van der Waals surface area contributed by atoms with Crippen molar-refractivity contribution in [3.05, 3.63) is 29.9 Å². The second kappa shape index (κ2) is 4.44. The number of hydrogen-bond donors (Lipinski definition) is 1. The van der Waals surface area contributed by atoms with Gasteiger partial charge in [-0.2, -0.15) is 0 Å². The summed E-state index contributed by atoms with van der Waals surface area (Å²) in [4.78, 5) is 19.0. The molecule has 1 N–H and O–H groups in total. The molecular weight excluding hydrogens is 228 g/mol. The molecule has 18 heavy (non-hydrogen) atoms. The molecule has 1 aliphatic rings. The molecule has 0 aliphatic heterocycles. The summed E-state index contributed by atoms with van der Waals surface area (Å²) in [6.45, 7) is 1.92. The Hall–Kier alpha value is -1.84. The summed E-state index contributed by atoms with van der Waals surface area (Å²) < 4.78 is 5.56. The Kier molecular flexibility index (Phi) is 2.78. The van der Waals surface area contributed by atoms with Crippen LogP contribution in [0.15, 0.2) is 22.7 Å². The number of furan rings is 1. The monoisotopic (exact) mass is 244 g/mol. The Bertz CT molecular complexity index is 558. The van der Waals surface area contributed by atoms with E-state index in [2.05, 4.69) is 9.97 Å². The molecule has 3 rings (SSSR count). The van der Waals surface area contributed by atoms with E-state index in [9.17, 15) is 4.79 Å². The molecular formula is C14H16N2O2. The van der Waals surface area contributed by atoms with Crippen molar-refractivity contribution in [2.45, 2.75) is 38.5 Å². The summed E-state index contributed by atoms with van der Waals surface area (Å²) in [6.07, 6.45) is 4.98. The molecule has 4 heteroatoms. The van der Waals surface area contributed by atoms with Crippen LogP contribution in [-0.4, -0.2) is 15.8 Å². The molecule has 0 bridgehead atoms. The van der Waals surface area contributed by atoms with Gasteiger partial charge < -0.3 is 9.40 Å². The lowest BCUT2D eigenvalue weighted by Gasteiger charge is -2.18. The van der Waals surface area contributed by atoms with E-state index in [1.54, 1.807) is 0 Å². The minimum Gasteiger partial charge on any atom is -0.460 e. The lowest BCUT2D eigenvalue weighted by molar-refractivity contribution is -0.120. The topological polar surface area (TPSA) is 58.9 Å². The molecule has 4 nitrogen and oxygen atoms in total. The molecule has 0 saturated heterocycles. The fourth-order valence-electron chi connectivity index (χ4n) is 2.46. The normalized spacial score (nSPS) is 17.3. The average Bonchev–Trinajstić information content (AvgIpc) is 2.98. The summed E-state index contributed by atoms with van der Waals surface area (Å²) in [5.41, 5.74) is 0.912. The third-order valence-electron chi connectivity index (χ3n) is 3.53. The molecule has 1 saturated carbocycles. The molecule has 94 valence electrons. The standard InChI is InChI=1S/C14H16N2O2/c1-9-2-7-13(18-9)12-8-15-14(16-12)10-3-5-11(17)6-4-10/h2,7-8,10H,3-6H2,1H3,(H,15,16). The predicted octanol–water partition coefficient (Wildman–Crippen LogP) is 3.20. The van der Waals surface area contributed by atoms with Crippen LogP contribution in [0.5, 0.6) is 0 Å². The molecule has 2 aromatic heterocycles. The molecule has 1 aliphatic carbocycles. The minimum atomic E-state index is 0.375. The number of aromatic nitrogens is 2. The number of nitrogens with one attached hydrogen (secondary N) is 1. The van der Waals surface area contributed by atoms with Crippen LogP contribution in [0.25, 0.3) is 11.5 Å². The fraction of sp³-hybridized carbons (Fsp3) is 0.429. The van der Waals surface area contributed by atoms with E-state index in [-0.39, 0.29) is 0 Å². The van der Waals surface area contributed by atoms with E-state index in [0.717, 1.165) is 35.9 Å². The molecule has 0 aromatic carbocycles. The molecule has 0 atom stereocenters. The van der Waals surface area contributed by atoms with Crippen molar-refractivity contribution < 1.29 is 9.21 Å². The van der Waals surface area contributed by atoms with Gasteiger partial charge in [-0.15, -0.1) is 0 Å². The summed E-state index contributed by atoms with van der Waals surface area (Å²) in [5.74, 6) is 3.45. The van der Waals surface area contributed by atoms with Crippen LogP contribution >= 0.6 is 0 Å². The average molecular weight is 244 g/mol. The van der Waals surface area contributed by atoms with Gasteiger partial charge in [-0.25, -0.2) is 4.98 Å². The van der Waals surface area contributed by atoms with E-state index in [1.165, 1.54) is 0 Å². The Morgan fingerprint density at radius 1 is 1.33 bits per heavy atom. The minimum absolute atomic E-state index is 0.375. The van der Waals surface area contributed by atoms with Gasteiger partial charge in [-0.3, -0.25) is 4.79 Å². The third-order valence-corrected chi connectivity index (χ3v) is 3.53. The SMILES string of the molecule is Cc1ccc(-c2cnc(C3CCC(=O)CC3)[nH]2)o1. The molecule has 0 unspecified atom stereocenters. The first-order valence-electron chi connectivity index (χ1n) is 6.36. The molecule has 2 aromatic rings. The van der Waals surface area contributed by atoms with Gasteiger partial charge in [-0.1, -0.05) is 0 Å². The zero-order valence-corrected chi connectivity index (χ0v) is 10.4. The second-order valence-corrected chi connectivity index (χ2v) is 4.91. The van der Waals surface area contributed by atoms with Crippen molar-refractivity contribution >= 4 is 5.78 Å². The smallest absolute Gasteiger partial charge is 0.152 e. The maximum absolute atomic E-state index is 11.2. The van der Waals surface area contributed by atoms with Crippen molar-refractivity contribution in [2.24, 2.45) is 0 Å². The van der Waals surface area contributed by atoms with Crippen molar-refractivity contribution in [1.82, 2.24) is 9.97 Å². The number of ketones is 1. The van der Waals surface area contributed by atoms with Crippen LogP contribution < -0.4 is 0 Å². The van der Waals surface area contributed by atoms with Crippen molar-refractivity contribution in [3.8, 4) is 11.5 Å². The highest BCUT2D eigenvalue weighted by atomic mass is 16.3. The Morgan fingerprint density at radius 2 is 2.11 bits per heavy atom. The second-order valence-electron chi connectivity index (χ2n) is 4.91. The maximum Gasteiger partial charge on any atom is 0.152 e. The van der Waals surface area contributed by atoms with E-state index in [1.807, 2.05) is 25.3 Å². The van der Waals surface area contributed by atoms with Crippen molar-refractivity contribution in [3.63, 3.8) is 0 Å². The summed E-state index contributed by atoms with van der Waals surface area (Å²) >= 11 is 0. The maximum atomic E-state index is 11.2. The largest absolute Gasteiger partial charge is 0.460 e. The number of imidazole rings is 1. The zero-order chi connectivity index (χ0) is 12.5. The number of H-pyrrole nitrogens is 1. The van der Waals surface area contributed by atoms with Gasteiger partial charge in [0, 0.05) is 18.8 Å². The van der Waals surface area contributed by atoms with Gasteiger partial charge in [0.15, 0.2) is 5.76 Å².